The molecule has 0 bridgehead atoms. The Morgan fingerprint density at radius 1 is 0.909 bits per heavy atom. The van der Waals surface area contributed by atoms with Gasteiger partial charge in [0.1, 0.15) is 11.5 Å². The standard InChI is InChI=1S/C27H36N2O2.2ClH/c1-31-26-15-9-8-14-25(26)29-20-18-28(19-21-29)17-16-24(22-10-4-2-5-11-22)27(30)23-12-6-3-7-13-23;;/h2,4-5,8-11,14-15,23-24H,3,6-7,12-13,16-21H2,1H3;2*1H. The number of halogens is 2. The van der Waals surface area contributed by atoms with Gasteiger partial charge >= 0.3 is 0 Å². The highest BCUT2D eigenvalue weighted by molar-refractivity contribution is 5.88. The maximum absolute atomic E-state index is 13.4. The fourth-order valence-corrected chi connectivity index (χ4v) is 5.25. The zero-order valence-corrected chi connectivity index (χ0v) is 21.3. The molecule has 0 N–H and O–H groups in total. The van der Waals surface area contributed by atoms with Gasteiger partial charge in [-0.15, -0.1) is 24.8 Å². The summed E-state index contributed by atoms with van der Waals surface area (Å²) in [6.45, 7) is 5.02. The number of Topliss-reactive ketones (excluding diaryl/α,β-unsaturated/α-hetero) is 1. The molecule has 2 aromatic carbocycles. The average Bonchev–Trinajstić information content (AvgIpc) is 2.85. The van der Waals surface area contributed by atoms with Gasteiger partial charge in [0, 0.05) is 38.0 Å². The van der Waals surface area contributed by atoms with Gasteiger partial charge in [-0.25, -0.2) is 0 Å². The Bertz CT molecular complexity index is 835. The molecule has 4 rings (SSSR count). The van der Waals surface area contributed by atoms with E-state index in [4.69, 9.17) is 4.74 Å². The smallest absolute Gasteiger partial charge is 0.143 e. The highest BCUT2D eigenvalue weighted by atomic mass is 35.5. The van der Waals surface area contributed by atoms with E-state index in [1.165, 1.54) is 30.5 Å². The summed E-state index contributed by atoms with van der Waals surface area (Å²) in [5, 5.41) is 0. The number of carbonyl (C=O) groups excluding carboxylic acids is 1. The minimum atomic E-state index is 0. The molecular weight excluding hydrogens is 455 g/mol. The minimum absolute atomic E-state index is 0. The van der Waals surface area contributed by atoms with E-state index < -0.39 is 0 Å². The van der Waals surface area contributed by atoms with Crippen LogP contribution in [0, 0.1) is 5.92 Å². The summed E-state index contributed by atoms with van der Waals surface area (Å²) >= 11 is 0. The molecule has 0 spiro atoms. The predicted octanol–water partition coefficient (Wildman–Crippen LogP) is 5.98. The van der Waals surface area contributed by atoms with Crippen molar-refractivity contribution in [2.45, 2.75) is 44.4 Å². The summed E-state index contributed by atoms with van der Waals surface area (Å²) in [7, 11) is 1.74. The van der Waals surface area contributed by atoms with Crippen LogP contribution >= 0.6 is 24.8 Å². The highest BCUT2D eigenvalue weighted by Crippen LogP contribution is 2.33. The zero-order valence-electron chi connectivity index (χ0n) is 19.7. The number of rotatable bonds is 8. The summed E-state index contributed by atoms with van der Waals surface area (Å²) in [5.41, 5.74) is 2.38. The summed E-state index contributed by atoms with van der Waals surface area (Å²) in [4.78, 5) is 18.4. The molecule has 2 fully saturated rings. The van der Waals surface area contributed by atoms with Gasteiger partial charge in [0.25, 0.3) is 0 Å². The lowest BCUT2D eigenvalue weighted by Gasteiger charge is -2.37. The fraction of sp³-hybridized carbons (Fsp3) is 0.519. The second kappa shape index (κ2) is 13.8. The van der Waals surface area contributed by atoms with Crippen LogP contribution in [0.3, 0.4) is 0 Å². The maximum atomic E-state index is 13.4. The summed E-state index contributed by atoms with van der Waals surface area (Å²) in [6, 6.07) is 18.7. The van der Waals surface area contributed by atoms with Gasteiger partial charge in [-0.2, -0.15) is 0 Å². The first-order valence-electron chi connectivity index (χ1n) is 12.0. The minimum Gasteiger partial charge on any atom is -0.495 e. The zero-order chi connectivity index (χ0) is 21.5. The Morgan fingerprint density at radius 2 is 1.55 bits per heavy atom. The molecule has 182 valence electrons. The number of hydrogen-bond donors (Lipinski definition) is 0. The number of ketones is 1. The third kappa shape index (κ3) is 7.11. The number of hydrogen-bond acceptors (Lipinski definition) is 4. The molecule has 0 aromatic heterocycles. The summed E-state index contributed by atoms with van der Waals surface area (Å²) < 4.78 is 5.54. The quantitative estimate of drug-likeness (QED) is 0.453. The predicted molar refractivity (Wildman–Crippen MR) is 142 cm³/mol. The molecule has 4 nitrogen and oxygen atoms in total. The lowest BCUT2D eigenvalue weighted by atomic mass is 9.78. The molecule has 0 amide bonds. The maximum Gasteiger partial charge on any atom is 0.143 e. The molecule has 1 saturated carbocycles. The number of methoxy groups -OCH3 is 1. The number of benzene rings is 2. The monoisotopic (exact) mass is 492 g/mol. The van der Waals surface area contributed by atoms with E-state index in [9.17, 15) is 4.79 Å². The van der Waals surface area contributed by atoms with Gasteiger partial charge < -0.3 is 9.64 Å². The second-order valence-electron chi connectivity index (χ2n) is 8.99. The molecular formula is C27H38Cl2N2O2. The van der Waals surface area contributed by atoms with E-state index in [1.54, 1.807) is 7.11 Å². The van der Waals surface area contributed by atoms with Crippen LogP contribution in [0.25, 0.3) is 0 Å². The van der Waals surface area contributed by atoms with Crippen LogP contribution in [0.2, 0.25) is 0 Å². The largest absolute Gasteiger partial charge is 0.495 e. The average molecular weight is 494 g/mol. The second-order valence-corrected chi connectivity index (χ2v) is 8.99. The molecule has 6 heteroatoms. The Kier molecular flexibility index (Phi) is 11.5. The van der Waals surface area contributed by atoms with Crippen LogP contribution in [-0.2, 0) is 4.79 Å². The van der Waals surface area contributed by atoms with Crippen molar-refractivity contribution in [1.82, 2.24) is 4.90 Å². The first-order chi connectivity index (χ1) is 15.3. The van der Waals surface area contributed by atoms with Gasteiger partial charge in [-0.3, -0.25) is 9.69 Å². The number of para-hydroxylation sites is 2. The van der Waals surface area contributed by atoms with Crippen LogP contribution in [0.5, 0.6) is 5.75 Å². The Morgan fingerprint density at radius 3 is 2.21 bits per heavy atom. The molecule has 1 atom stereocenters. The van der Waals surface area contributed by atoms with Crippen molar-refractivity contribution in [1.29, 1.82) is 0 Å². The van der Waals surface area contributed by atoms with Crippen LogP contribution in [0.4, 0.5) is 5.69 Å². The molecule has 1 aliphatic carbocycles. The fourth-order valence-electron chi connectivity index (χ4n) is 5.25. The van der Waals surface area contributed by atoms with E-state index in [0.29, 0.717) is 5.78 Å². The SMILES string of the molecule is COc1ccccc1N1CCN(CCC(C(=O)C2CCCCC2)c2ccccc2)CC1.Cl.Cl. The van der Waals surface area contributed by atoms with E-state index in [2.05, 4.69) is 46.2 Å². The third-order valence-electron chi connectivity index (χ3n) is 7.09. The van der Waals surface area contributed by atoms with Gasteiger partial charge in [-0.05, 0) is 43.5 Å². The molecule has 1 unspecified atom stereocenters. The normalized spacial score (nSPS) is 18.0. The van der Waals surface area contributed by atoms with Crippen molar-refractivity contribution < 1.29 is 9.53 Å². The van der Waals surface area contributed by atoms with Crippen molar-refractivity contribution in [2.24, 2.45) is 5.92 Å². The Labute approximate surface area is 211 Å². The Balaban J connectivity index is 0.00000193. The summed E-state index contributed by atoms with van der Waals surface area (Å²) in [6.07, 6.45) is 6.80. The van der Waals surface area contributed by atoms with E-state index in [-0.39, 0.29) is 36.6 Å². The van der Waals surface area contributed by atoms with Gasteiger partial charge in [0.15, 0.2) is 0 Å². The first kappa shape index (κ1) is 27.5. The highest BCUT2D eigenvalue weighted by Gasteiger charge is 2.30. The number of ether oxygens (including phenoxy) is 1. The van der Waals surface area contributed by atoms with Gasteiger partial charge in [-0.1, -0.05) is 61.7 Å². The van der Waals surface area contributed by atoms with Crippen molar-refractivity contribution in [3.63, 3.8) is 0 Å². The van der Waals surface area contributed by atoms with Gasteiger partial charge in [0.05, 0.1) is 12.8 Å². The van der Waals surface area contributed by atoms with Crippen molar-refractivity contribution in [3.8, 4) is 5.75 Å². The van der Waals surface area contributed by atoms with Crippen LogP contribution in [-0.4, -0.2) is 50.5 Å². The lowest BCUT2D eigenvalue weighted by molar-refractivity contribution is -0.125. The van der Waals surface area contributed by atoms with E-state index in [0.717, 1.165) is 57.7 Å². The molecule has 2 aromatic rings. The van der Waals surface area contributed by atoms with Crippen LogP contribution < -0.4 is 9.64 Å². The topological polar surface area (TPSA) is 32.8 Å². The van der Waals surface area contributed by atoms with Crippen molar-refractivity contribution in [2.75, 3.05) is 44.7 Å². The molecule has 1 aliphatic heterocycles. The third-order valence-corrected chi connectivity index (χ3v) is 7.09. The van der Waals surface area contributed by atoms with Crippen LogP contribution in [0.1, 0.15) is 50.0 Å². The van der Waals surface area contributed by atoms with E-state index >= 15 is 0 Å². The molecule has 33 heavy (non-hydrogen) atoms. The van der Waals surface area contributed by atoms with Crippen LogP contribution in [0.15, 0.2) is 54.6 Å². The van der Waals surface area contributed by atoms with Crippen molar-refractivity contribution >= 4 is 36.3 Å². The molecule has 1 saturated heterocycles. The number of anilines is 1. The lowest BCUT2D eigenvalue weighted by Crippen LogP contribution is -2.47. The Hall–Kier alpha value is -1.75. The van der Waals surface area contributed by atoms with Crippen molar-refractivity contribution in [3.05, 3.63) is 60.2 Å². The van der Waals surface area contributed by atoms with E-state index in [1.807, 2.05) is 18.2 Å². The van der Waals surface area contributed by atoms with Gasteiger partial charge in [0.2, 0.25) is 0 Å². The molecule has 2 aliphatic rings. The first-order valence-corrected chi connectivity index (χ1v) is 12.0. The number of nitrogens with zero attached hydrogens (tertiary/aromatic N) is 2. The summed E-state index contributed by atoms with van der Waals surface area (Å²) in [5.74, 6) is 1.73. The molecule has 0 radical (unpaired) electrons. The molecule has 1 heterocycles. The number of carbonyl (C=O) groups is 1. The number of piperazine rings is 1.